The summed E-state index contributed by atoms with van der Waals surface area (Å²) in [6.45, 7) is 7.28. The van der Waals surface area contributed by atoms with Crippen LogP contribution in [0, 0.1) is 0 Å². The van der Waals surface area contributed by atoms with E-state index in [0.717, 1.165) is 37.8 Å². The van der Waals surface area contributed by atoms with E-state index >= 15 is 0 Å². The van der Waals surface area contributed by atoms with Gasteiger partial charge in [-0.3, -0.25) is 4.99 Å². The maximum absolute atomic E-state index is 5.16. The van der Waals surface area contributed by atoms with E-state index in [1.807, 2.05) is 12.1 Å². The number of methoxy groups -OCH3 is 1. The topological polar surface area (TPSA) is 48.9 Å². The smallest absolute Gasteiger partial charge is 0.191 e. The van der Waals surface area contributed by atoms with E-state index in [1.165, 1.54) is 12.0 Å². The van der Waals surface area contributed by atoms with Crippen LogP contribution in [0.5, 0.6) is 5.75 Å². The molecule has 23 heavy (non-hydrogen) atoms. The van der Waals surface area contributed by atoms with Crippen LogP contribution in [0.15, 0.2) is 29.3 Å². The number of hydrogen-bond donors (Lipinski definition) is 2. The molecule has 0 saturated heterocycles. The highest BCUT2D eigenvalue weighted by Crippen LogP contribution is 2.10. The highest BCUT2D eigenvalue weighted by Gasteiger charge is 2.02. The zero-order valence-corrected chi connectivity index (χ0v) is 15.2. The van der Waals surface area contributed by atoms with Gasteiger partial charge in [-0.05, 0) is 58.0 Å². The number of ether oxygens (including phenoxy) is 1. The minimum Gasteiger partial charge on any atom is -0.497 e. The minimum absolute atomic E-state index is 0.613. The van der Waals surface area contributed by atoms with Gasteiger partial charge in [0, 0.05) is 26.2 Å². The monoisotopic (exact) mass is 320 g/mol. The Balaban J connectivity index is 2.21. The van der Waals surface area contributed by atoms with Crippen LogP contribution in [-0.2, 0) is 6.54 Å². The van der Waals surface area contributed by atoms with Gasteiger partial charge < -0.3 is 20.3 Å². The highest BCUT2D eigenvalue weighted by molar-refractivity contribution is 5.79. The number of hydrogen-bond acceptors (Lipinski definition) is 3. The fraction of sp³-hybridized carbons (Fsp3) is 0.611. The van der Waals surface area contributed by atoms with Crippen molar-refractivity contribution in [3.63, 3.8) is 0 Å². The summed E-state index contributed by atoms with van der Waals surface area (Å²) in [6, 6.07) is 8.67. The summed E-state index contributed by atoms with van der Waals surface area (Å²) >= 11 is 0. The number of unbranched alkanes of at least 4 members (excludes halogenated alkanes) is 1. The van der Waals surface area contributed by atoms with Crippen LogP contribution < -0.4 is 15.4 Å². The molecule has 1 rings (SSSR count). The molecule has 1 aromatic rings. The van der Waals surface area contributed by atoms with Gasteiger partial charge in [-0.15, -0.1) is 0 Å². The Hall–Kier alpha value is -1.75. The first kappa shape index (κ1) is 19.3. The van der Waals surface area contributed by atoms with Gasteiger partial charge in [0.15, 0.2) is 5.96 Å². The lowest BCUT2D eigenvalue weighted by Crippen LogP contribution is -2.37. The molecule has 130 valence electrons. The molecule has 0 unspecified atom stereocenters. The van der Waals surface area contributed by atoms with Crippen molar-refractivity contribution in [1.29, 1.82) is 0 Å². The first-order valence-electron chi connectivity index (χ1n) is 8.34. The van der Waals surface area contributed by atoms with Crippen LogP contribution in [0.25, 0.3) is 0 Å². The number of nitrogens with one attached hydrogen (secondary N) is 2. The summed E-state index contributed by atoms with van der Waals surface area (Å²) in [5.74, 6) is 1.72. The van der Waals surface area contributed by atoms with Crippen molar-refractivity contribution in [2.24, 2.45) is 4.99 Å². The molecule has 5 nitrogen and oxygen atoms in total. The average Bonchev–Trinajstić information content (AvgIpc) is 2.57. The fourth-order valence-electron chi connectivity index (χ4n) is 2.10. The molecule has 0 atom stereocenters. The van der Waals surface area contributed by atoms with E-state index in [4.69, 9.17) is 4.74 Å². The summed E-state index contributed by atoms with van der Waals surface area (Å²) in [5, 5.41) is 6.69. The zero-order valence-electron chi connectivity index (χ0n) is 15.2. The predicted octanol–water partition coefficient (Wildman–Crippen LogP) is 2.48. The number of nitrogens with zero attached hydrogens (tertiary/aromatic N) is 2. The van der Waals surface area contributed by atoms with Crippen LogP contribution in [-0.4, -0.2) is 51.2 Å². The van der Waals surface area contributed by atoms with Crippen molar-refractivity contribution in [1.82, 2.24) is 15.5 Å². The molecule has 0 saturated carbocycles. The quantitative estimate of drug-likeness (QED) is 0.417. The summed E-state index contributed by atoms with van der Waals surface area (Å²) in [4.78, 5) is 6.63. The van der Waals surface area contributed by atoms with Gasteiger partial charge in [0.05, 0.1) is 7.11 Å². The largest absolute Gasteiger partial charge is 0.497 e. The zero-order chi connectivity index (χ0) is 17.1. The summed E-state index contributed by atoms with van der Waals surface area (Å²) in [5.41, 5.74) is 1.20. The average molecular weight is 320 g/mol. The molecule has 5 heteroatoms. The van der Waals surface area contributed by atoms with Gasteiger partial charge in [0.2, 0.25) is 0 Å². The molecule has 0 radical (unpaired) electrons. The van der Waals surface area contributed by atoms with E-state index in [2.05, 4.69) is 53.6 Å². The van der Waals surface area contributed by atoms with Crippen molar-refractivity contribution in [2.45, 2.75) is 39.3 Å². The first-order valence-corrected chi connectivity index (χ1v) is 8.34. The standard InChI is InChI=1S/C18H32N4O/c1-15(2)22(4)13-7-6-12-20-18(19-3)21-14-16-8-10-17(23-5)11-9-16/h8-11,15H,6-7,12-14H2,1-5H3,(H2,19,20,21). The van der Waals surface area contributed by atoms with Crippen LogP contribution >= 0.6 is 0 Å². The second kappa shape index (κ2) is 10.9. The van der Waals surface area contributed by atoms with Crippen LogP contribution in [0.4, 0.5) is 0 Å². The van der Waals surface area contributed by atoms with Crippen molar-refractivity contribution >= 4 is 5.96 Å². The number of guanidine groups is 1. The second-order valence-electron chi connectivity index (χ2n) is 5.98. The number of aliphatic imine (C=N–C) groups is 1. The molecule has 0 aromatic heterocycles. The van der Waals surface area contributed by atoms with Crippen LogP contribution in [0.1, 0.15) is 32.3 Å². The highest BCUT2D eigenvalue weighted by atomic mass is 16.5. The van der Waals surface area contributed by atoms with Gasteiger partial charge in [-0.2, -0.15) is 0 Å². The van der Waals surface area contributed by atoms with Gasteiger partial charge in [-0.1, -0.05) is 12.1 Å². The molecule has 0 aliphatic rings. The van der Waals surface area contributed by atoms with Gasteiger partial charge >= 0.3 is 0 Å². The molecule has 0 aliphatic heterocycles. The maximum Gasteiger partial charge on any atom is 0.191 e. The van der Waals surface area contributed by atoms with Crippen LogP contribution in [0.3, 0.4) is 0 Å². The predicted molar refractivity (Wildman–Crippen MR) is 98.2 cm³/mol. The van der Waals surface area contributed by atoms with Crippen molar-refractivity contribution < 1.29 is 4.74 Å². The lowest BCUT2D eigenvalue weighted by Gasteiger charge is -2.20. The van der Waals surface area contributed by atoms with Crippen molar-refractivity contribution in [2.75, 3.05) is 34.3 Å². The number of rotatable bonds is 9. The van der Waals surface area contributed by atoms with Gasteiger partial charge in [0.1, 0.15) is 5.75 Å². The summed E-state index contributed by atoms with van der Waals surface area (Å²) in [7, 11) is 5.65. The SMILES string of the molecule is CN=C(NCCCCN(C)C(C)C)NCc1ccc(OC)cc1. The Morgan fingerprint density at radius 1 is 1.17 bits per heavy atom. The summed E-state index contributed by atoms with van der Waals surface area (Å²) < 4.78 is 5.16. The molecule has 0 heterocycles. The minimum atomic E-state index is 0.613. The van der Waals surface area contributed by atoms with E-state index in [-0.39, 0.29) is 0 Å². The lowest BCUT2D eigenvalue weighted by molar-refractivity contribution is 0.268. The molecule has 0 bridgehead atoms. The van der Waals surface area contributed by atoms with Crippen molar-refractivity contribution in [3.05, 3.63) is 29.8 Å². The Morgan fingerprint density at radius 3 is 2.43 bits per heavy atom. The van der Waals surface area contributed by atoms with Gasteiger partial charge in [0.25, 0.3) is 0 Å². The maximum atomic E-state index is 5.16. The van der Waals surface area contributed by atoms with E-state index in [0.29, 0.717) is 6.04 Å². The second-order valence-corrected chi connectivity index (χ2v) is 5.98. The third-order valence-electron chi connectivity index (χ3n) is 3.95. The Kier molecular flexibility index (Phi) is 9.14. The molecule has 0 amide bonds. The van der Waals surface area contributed by atoms with Crippen molar-refractivity contribution in [3.8, 4) is 5.75 Å². The third kappa shape index (κ3) is 7.88. The molecular weight excluding hydrogens is 288 g/mol. The summed E-state index contributed by atoms with van der Waals surface area (Å²) in [6.07, 6.45) is 2.33. The normalized spacial score (nSPS) is 11.9. The van der Waals surface area contributed by atoms with E-state index in [1.54, 1.807) is 14.2 Å². The van der Waals surface area contributed by atoms with E-state index in [9.17, 15) is 0 Å². The molecule has 0 spiro atoms. The molecular formula is C18H32N4O. The lowest BCUT2D eigenvalue weighted by atomic mass is 10.2. The molecule has 1 aromatic carbocycles. The Bertz CT molecular complexity index is 457. The number of benzene rings is 1. The third-order valence-corrected chi connectivity index (χ3v) is 3.95. The van der Waals surface area contributed by atoms with Crippen LogP contribution in [0.2, 0.25) is 0 Å². The molecule has 2 N–H and O–H groups in total. The molecule has 0 aliphatic carbocycles. The van der Waals surface area contributed by atoms with E-state index < -0.39 is 0 Å². The first-order chi connectivity index (χ1) is 11.1. The van der Waals surface area contributed by atoms with Gasteiger partial charge in [-0.25, -0.2) is 0 Å². The molecule has 0 fully saturated rings. The Morgan fingerprint density at radius 2 is 1.87 bits per heavy atom. The Labute approximate surface area is 141 Å². The fourth-order valence-corrected chi connectivity index (χ4v) is 2.10.